The van der Waals surface area contributed by atoms with Crippen LogP contribution in [0.25, 0.3) is 0 Å². The summed E-state index contributed by atoms with van der Waals surface area (Å²) in [7, 11) is 5.68. The highest BCUT2D eigenvalue weighted by Crippen LogP contribution is 2.47. The summed E-state index contributed by atoms with van der Waals surface area (Å²) >= 11 is 0. The van der Waals surface area contributed by atoms with Gasteiger partial charge in [-0.15, -0.1) is 12.4 Å². The first-order chi connectivity index (χ1) is 14.9. The van der Waals surface area contributed by atoms with Crippen LogP contribution in [0.4, 0.5) is 0 Å². The fraction of sp³-hybridized carbons (Fsp3) is 0.500. The number of hydrogen-bond acceptors (Lipinski definition) is 4. The van der Waals surface area contributed by atoms with Crippen molar-refractivity contribution in [1.29, 1.82) is 0 Å². The minimum absolute atomic E-state index is 0. The standard InChI is InChI=1S/C26H34N2O3.ClH/c1-27(2)18-22-19-28(16-15-26(22,30)21-11-7-12-23(17-21)31-3)24(29)25(13-8-14-25)20-9-5-4-6-10-20;/h4-7,9-12,17,22,30H,8,13-16,18-19H2,1-3H3;1H. The van der Waals surface area contributed by atoms with E-state index >= 15 is 0 Å². The van der Waals surface area contributed by atoms with Crippen LogP contribution in [0, 0.1) is 5.92 Å². The van der Waals surface area contributed by atoms with Gasteiger partial charge < -0.3 is 19.6 Å². The van der Waals surface area contributed by atoms with Crippen molar-refractivity contribution < 1.29 is 14.6 Å². The van der Waals surface area contributed by atoms with Gasteiger partial charge in [0.05, 0.1) is 18.1 Å². The molecule has 0 spiro atoms. The second-order valence-electron chi connectivity index (χ2n) is 9.42. The number of carbonyl (C=O) groups excluding carboxylic acids is 1. The van der Waals surface area contributed by atoms with E-state index in [1.54, 1.807) is 7.11 Å². The van der Waals surface area contributed by atoms with Gasteiger partial charge in [0.25, 0.3) is 0 Å². The van der Waals surface area contributed by atoms with Gasteiger partial charge in [-0.2, -0.15) is 0 Å². The van der Waals surface area contributed by atoms with Crippen LogP contribution >= 0.6 is 12.4 Å². The molecule has 1 heterocycles. The maximum Gasteiger partial charge on any atom is 0.233 e. The number of hydrogen-bond donors (Lipinski definition) is 1. The predicted molar refractivity (Wildman–Crippen MR) is 129 cm³/mol. The molecule has 1 N–H and O–H groups in total. The van der Waals surface area contributed by atoms with E-state index in [0.29, 0.717) is 26.1 Å². The van der Waals surface area contributed by atoms with Crippen LogP contribution in [-0.2, 0) is 15.8 Å². The van der Waals surface area contributed by atoms with Gasteiger partial charge in [-0.05, 0) is 56.6 Å². The molecule has 174 valence electrons. The first-order valence-corrected chi connectivity index (χ1v) is 11.3. The Morgan fingerprint density at radius 2 is 1.78 bits per heavy atom. The number of rotatable bonds is 6. The Morgan fingerprint density at radius 3 is 2.38 bits per heavy atom. The lowest BCUT2D eigenvalue weighted by Gasteiger charge is -2.50. The Morgan fingerprint density at radius 1 is 1.09 bits per heavy atom. The van der Waals surface area contributed by atoms with Crippen molar-refractivity contribution in [3.8, 4) is 5.75 Å². The highest BCUT2D eigenvalue weighted by Gasteiger charge is 2.51. The Balaban J connectivity index is 0.00000289. The first kappa shape index (κ1) is 24.6. The second-order valence-corrected chi connectivity index (χ2v) is 9.42. The molecule has 1 saturated carbocycles. The zero-order chi connectivity index (χ0) is 22.1. The van der Waals surface area contributed by atoms with Crippen LogP contribution in [-0.4, -0.2) is 61.7 Å². The summed E-state index contributed by atoms with van der Waals surface area (Å²) in [4.78, 5) is 17.9. The van der Waals surface area contributed by atoms with E-state index < -0.39 is 11.0 Å². The second kappa shape index (κ2) is 9.82. The van der Waals surface area contributed by atoms with Gasteiger partial charge in [-0.25, -0.2) is 0 Å². The SMILES string of the molecule is COc1cccc(C2(O)CCN(C(=O)C3(c4ccccc4)CCC3)CC2CN(C)C)c1.Cl. The Labute approximate surface area is 197 Å². The lowest BCUT2D eigenvalue weighted by Crippen LogP contribution is -2.59. The molecular weight excluding hydrogens is 424 g/mol. The van der Waals surface area contributed by atoms with E-state index in [1.165, 1.54) is 0 Å². The summed E-state index contributed by atoms with van der Waals surface area (Å²) in [5.41, 5.74) is 0.612. The third-order valence-corrected chi connectivity index (χ3v) is 7.26. The molecule has 1 aliphatic heterocycles. The van der Waals surface area contributed by atoms with Crippen LogP contribution in [0.5, 0.6) is 5.75 Å². The highest BCUT2D eigenvalue weighted by molar-refractivity contribution is 5.89. The molecule has 2 aliphatic rings. The normalized spacial score (nSPS) is 24.4. The van der Waals surface area contributed by atoms with Crippen LogP contribution in [0.2, 0.25) is 0 Å². The fourth-order valence-corrected chi connectivity index (χ4v) is 5.34. The third-order valence-electron chi connectivity index (χ3n) is 7.26. The number of amides is 1. The van der Waals surface area contributed by atoms with Gasteiger partial charge in [-0.3, -0.25) is 4.79 Å². The van der Waals surface area contributed by atoms with E-state index in [2.05, 4.69) is 17.0 Å². The average molecular weight is 459 g/mol. The maximum absolute atomic E-state index is 13.8. The molecule has 2 unspecified atom stereocenters. The van der Waals surface area contributed by atoms with Gasteiger partial charge in [0, 0.05) is 25.6 Å². The minimum Gasteiger partial charge on any atom is -0.497 e. The monoisotopic (exact) mass is 458 g/mol. The lowest BCUT2D eigenvalue weighted by atomic mass is 9.63. The molecule has 1 aliphatic carbocycles. The van der Waals surface area contributed by atoms with Crippen LogP contribution in [0.1, 0.15) is 36.8 Å². The number of halogens is 1. The quantitative estimate of drug-likeness (QED) is 0.714. The van der Waals surface area contributed by atoms with E-state index in [0.717, 1.165) is 36.1 Å². The number of ether oxygens (including phenoxy) is 1. The summed E-state index contributed by atoms with van der Waals surface area (Å²) in [6.45, 7) is 1.82. The Bertz CT molecular complexity index is 916. The maximum atomic E-state index is 13.8. The van der Waals surface area contributed by atoms with Crippen LogP contribution in [0.3, 0.4) is 0 Å². The van der Waals surface area contributed by atoms with Crippen molar-refractivity contribution in [1.82, 2.24) is 9.80 Å². The molecule has 2 fully saturated rings. The van der Waals surface area contributed by atoms with Crippen molar-refractivity contribution in [3.63, 3.8) is 0 Å². The molecule has 0 bridgehead atoms. The zero-order valence-corrected chi connectivity index (χ0v) is 20.1. The number of likely N-dealkylation sites (tertiary alicyclic amines) is 1. The molecule has 5 nitrogen and oxygen atoms in total. The van der Waals surface area contributed by atoms with Crippen molar-refractivity contribution in [2.24, 2.45) is 5.92 Å². The highest BCUT2D eigenvalue weighted by atomic mass is 35.5. The molecule has 4 rings (SSSR count). The zero-order valence-electron chi connectivity index (χ0n) is 19.3. The molecule has 6 heteroatoms. The molecule has 1 amide bonds. The molecule has 32 heavy (non-hydrogen) atoms. The minimum atomic E-state index is -0.991. The van der Waals surface area contributed by atoms with E-state index in [4.69, 9.17) is 4.74 Å². The van der Waals surface area contributed by atoms with Crippen LogP contribution < -0.4 is 4.74 Å². The molecule has 1 saturated heterocycles. The van der Waals surface area contributed by atoms with Gasteiger partial charge >= 0.3 is 0 Å². The van der Waals surface area contributed by atoms with E-state index in [1.807, 2.05) is 61.5 Å². The van der Waals surface area contributed by atoms with Crippen molar-refractivity contribution >= 4 is 18.3 Å². The largest absolute Gasteiger partial charge is 0.497 e. The average Bonchev–Trinajstić information content (AvgIpc) is 2.75. The number of nitrogens with zero attached hydrogens (tertiary/aromatic N) is 2. The van der Waals surface area contributed by atoms with E-state index in [9.17, 15) is 9.90 Å². The summed E-state index contributed by atoms with van der Waals surface area (Å²) in [6.07, 6.45) is 3.42. The molecule has 2 aromatic rings. The summed E-state index contributed by atoms with van der Waals surface area (Å²) < 4.78 is 5.40. The number of benzene rings is 2. The number of piperidine rings is 1. The van der Waals surface area contributed by atoms with Crippen LogP contribution in [0.15, 0.2) is 54.6 Å². The molecule has 2 atom stereocenters. The molecular formula is C26H35ClN2O3. The van der Waals surface area contributed by atoms with E-state index in [-0.39, 0.29) is 24.2 Å². The van der Waals surface area contributed by atoms with Gasteiger partial charge in [-0.1, -0.05) is 48.9 Å². The Hall–Kier alpha value is -2.08. The van der Waals surface area contributed by atoms with Crippen molar-refractivity contribution in [3.05, 3.63) is 65.7 Å². The Kier molecular flexibility index (Phi) is 7.53. The summed E-state index contributed by atoms with van der Waals surface area (Å²) in [5, 5.41) is 11.8. The fourth-order valence-electron chi connectivity index (χ4n) is 5.34. The van der Waals surface area contributed by atoms with Gasteiger partial charge in [0.1, 0.15) is 5.75 Å². The topological polar surface area (TPSA) is 53.0 Å². The first-order valence-electron chi connectivity index (χ1n) is 11.3. The molecule has 2 aromatic carbocycles. The number of carbonyl (C=O) groups is 1. The smallest absolute Gasteiger partial charge is 0.233 e. The third kappa shape index (κ3) is 4.39. The van der Waals surface area contributed by atoms with Crippen molar-refractivity contribution in [2.75, 3.05) is 40.8 Å². The molecule has 0 aromatic heterocycles. The predicted octanol–water partition coefficient (Wildman–Crippen LogP) is 3.84. The number of methoxy groups -OCH3 is 1. The number of aliphatic hydroxyl groups is 1. The lowest BCUT2D eigenvalue weighted by molar-refractivity contribution is -0.151. The van der Waals surface area contributed by atoms with Crippen molar-refractivity contribution in [2.45, 2.75) is 36.7 Å². The summed E-state index contributed by atoms with van der Waals surface area (Å²) in [5.74, 6) is 0.882. The van der Waals surface area contributed by atoms with Gasteiger partial charge in [0.15, 0.2) is 0 Å². The van der Waals surface area contributed by atoms with Gasteiger partial charge in [0.2, 0.25) is 5.91 Å². The molecule has 0 radical (unpaired) electrons. The summed E-state index contributed by atoms with van der Waals surface area (Å²) in [6, 6.07) is 17.9.